The van der Waals surface area contributed by atoms with Gasteiger partial charge in [-0.05, 0) is 12.1 Å². The Morgan fingerprint density at radius 1 is 1.40 bits per heavy atom. The predicted octanol–water partition coefficient (Wildman–Crippen LogP) is 2.28. The number of aromatic amines is 1. The van der Waals surface area contributed by atoms with Crippen molar-refractivity contribution in [1.82, 2.24) is 14.8 Å². The van der Waals surface area contributed by atoms with Crippen molar-refractivity contribution in [1.29, 1.82) is 0 Å². The van der Waals surface area contributed by atoms with Gasteiger partial charge in [0, 0.05) is 18.5 Å². The van der Waals surface area contributed by atoms with Crippen molar-refractivity contribution >= 4 is 16.9 Å². The molecule has 0 aliphatic carbocycles. The van der Waals surface area contributed by atoms with Crippen molar-refractivity contribution in [2.75, 3.05) is 7.11 Å². The van der Waals surface area contributed by atoms with Crippen LogP contribution < -0.4 is 4.74 Å². The number of carbonyl (C=O) groups is 1. The zero-order valence-corrected chi connectivity index (χ0v) is 11.0. The van der Waals surface area contributed by atoms with Crippen LogP contribution in [0.2, 0.25) is 0 Å². The molecule has 0 saturated carbocycles. The van der Waals surface area contributed by atoms with Gasteiger partial charge in [0.2, 0.25) is 0 Å². The Bertz CT molecular complexity index is 801. The van der Waals surface area contributed by atoms with Crippen molar-refractivity contribution in [3.05, 3.63) is 36.0 Å². The Kier molecular flexibility index (Phi) is 2.71. The van der Waals surface area contributed by atoms with Gasteiger partial charge in [-0.15, -0.1) is 0 Å². The molecule has 3 rings (SSSR count). The number of benzene rings is 1. The van der Waals surface area contributed by atoms with E-state index in [0.29, 0.717) is 5.69 Å². The summed E-state index contributed by atoms with van der Waals surface area (Å²) in [7, 11) is 3.33. The number of rotatable bonds is 3. The molecule has 2 heterocycles. The molecule has 0 radical (unpaired) electrons. The second-order valence-corrected chi connectivity index (χ2v) is 4.45. The molecule has 1 aromatic carbocycles. The summed E-state index contributed by atoms with van der Waals surface area (Å²) in [6.07, 6.45) is 0. The highest BCUT2D eigenvalue weighted by molar-refractivity contribution is 5.91. The summed E-state index contributed by atoms with van der Waals surface area (Å²) in [6, 6.07) is 9.23. The normalized spacial score (nSPS) is 10.9. The number of H-pyrrole nitrogens is 1. The van der Waals surface area contributed by atoms with Crippen LogP contribution in [-0.2, 0) is 7.05 Å². The third kappa shape index (κ3) is 1.82. The Hall–Kier alpha value is -2.76. The first-order valence-corrected chi connectivity index (χ1v) is 6.03. The van der Waals surface area contributed by atoms with Crippen molar-refractivity contribution < 1.29 is 14.6 Å². The second-order valence-electron chi connectivity index (χ2n) is 4.45. The van der Waals surface area contributed by atoms with Crippen LogP contribution in [0.5, 0.6) is 5.75 Å². The lowest BCUT2D eigenvalue weighted by atomic mass is 10.2. The summed E-state index contributed by atoms with van der Waals surface area (Å²) in [5.74, 6) is -0.296. The average Bonchev–Trinajstić information content (AvgIpc) is 3.01. The number of aromatic carboxylic acids is 1. The van der Waals surface area contributed by atoms with Crippen molar-refractivity contribution in [2.45, 2.75) is 0 Å². The number of fused-ring (bicyclic) bond motifs is 1. The van der Waals surface area contributed by atoms with Gasteiger partial charge in [0.05, 0.1) is 24.0 Å². The van der Waals surface area contributed by atoms with Crippen LogP contribution in [0.3, 0.4) is 0 Å². The van der Waals surface area contributed by atoms with Crippen LogP contribution in [0.1, 0.15) is 10.5 Å². The first-order chi connectivity index (χ1) is 9.60. The first-order valence-electron chi connectivity index (χ1n) is 6.03. The molecule has 6 heteroatoms. The van der Waals surface area contributed by atoms with Gasteiger partial charge in [-0.25, -0.2) is 4.79 Å². The minimum absolute atomic E-state index is 0.0214. The van der Waals surface area contributed by atoms with Gasteiger partial charge in [-0.1, -0.05) is 12.1 Å². The number of nitrogens with one attached hydrogen (secondary N) is 1. The number of ether oxygens (including phenoxy) is 1. The molecule has 0 amide bonds. The standard InChI is InChI=1S/C14H13N3O3/c1-17-11(7-10(16-17)14(18)19)9-6-8-4-3-5-12(20-2)13(8)15-9/h3-7,15H,1-2H3,(H,18,19). The molecular weight excluding hydrogens is 258 g/mol. The molecule has 3 aromatic rings. The van der Waals surface area contributed by atoms with Gasteiger partial charge >= 0.3 is 5.97 Å². The minimum Gasteiger partial charge on any atom is -0.495 e. The van der Waals surface area contributed by atoms with Gasteiger partial charge in [0.15, 0.2) is 5.69 Å². The van der Waals surface area contributed by atoms with E-state index in [2.05, 4.69) is 10.1 Å². The molecule has 0 bridgehead atoms. The summed E-state index contributed by atoms with van der Waals surface area (Å²) in [6.45, 7) is 0. The number of para-hydroxylation sites is 1. The number of methoxy groups -OCH3 is 1. The second kappa shape index (κ2) is 4.41. The first kappa shape index (κ1) is 12.3. The van der Waals surface area contributed by atoms with Crippen molar-refractivity contribution in [3.8, 4) is 17.1 Å². The minimum atomic E-state index is -1.04. The van der Waals surface area contributed by atoms with E-state index in [4.69, 9.17) is 9.84 Å². The highest BCUT2D eigenvalue weighted by Gasteiger charge is 2.15. The lowest BCUT2D eigenvalue weighted by Crippen LogP contribution is -1.99. The van der Waals surface area contributed by atoms with Crippen LogP contribution in [0.4, 0.5) is 0 Å². The average molecular weight is 271 g/mol. The molecular formula is C14H13N3O3. The molecule has 20 heavy (non-hydrogen) atoms. The van der Waals surface area contributed by atoms with Crippen molar-refractivity contribution in [2.24, 2.45) is 7.05 Å². The van der Waals surface area contributed by atoms with E-state index in [9.17, 15) is 4.79 Å². The highest BCUT2D eigenvalue weighted by Crippen LogP contribution is 2.29. The Morgan fingerprint density at radius 2 is 2.20 bits per heavy atom. The molecule has 0 aliphatic heterocycles. The van der Waals surface area contributed by atoms with E-state index in [-0.39, 0.29) is 5.69 Å². The van der Waals surface area contributed by atoms with E-state index in [1.165, 1.54) is 0 Å². The fourth-order valence-electron chi connectivity index (χ4n) is 2.26. The number of nitrogens with zero attached hydrogens (tertiary/aromatic N) is 2. The number of carboxylic acids is 1. The third-order valence-corrected chi connectivity index (χ3v) is 3.21. The SMILES string of the molecule is COc1cccc2cc(-c3cc(C(=O)O)nn3C)[nH]c12. The number of hydrogen-bond acceptors (Lipinski definition) is 3. The third-order valence-electron chi connectivity index (χ3n) is 3.21. The van der Waals surface area contributed by atoms with Crippen LogP contribution in [0.25, 0.3) is 22.3 Å². The summed E-state index contributed by atoms with van der Waals surface area (Å²) in [4.78, 5) is 14.2. The number of carboxylic acid groups (broad SMARTS) is 1. The molecule has 2 aromatic heterocycles. The number of hydrogen-bond donors (Lipinski definition) is 2. The molecule has 0 aliphatic rings. The fourth-order valence-corrected chi connectivity index (χ4v) is 2.26. The maximum absolute atomic E-state index is 11.0. The molecule has 0 unspecified atom stereocenters. The van der Waals surface area contributed by atoms with Crippen LogP contribution in [0, 0.1) is 0 Å². The zero-order valence-electron chi connectivity index (χ0n) is 11.0. The van der Waals surface area contributed by atoms with Crippen LogP contribution >= 0.6 is 0 Å². The topological polar surface area (TPSA) is 80.1 Å². The summed E-state index contributed by atoms with van der Waals surface area (Å²) < 4.78 is 6.84. The van der Waals surface area contributed by atoms with Gasteiger partial charge in [-0.3, -0.25) is 4.68 Å². The maximum atomic E-state index is 11.0. The largest absolute Gasteiger partial charge is 0.495 e. The van der Waals surface area contributed by atoms with E-state index in [0.717, 1.165) is 22.3 Å². The van der Waals surface area contributed by atoms with Gasteiger partial charge in [0.25, 0.3) is 0 Å². The van der Waals surface area contributed by atoms with Crippen LogP contribution in [0.15, 0.2) is 30.3 Å². The Morgan fingerprint density at radius 3 is 2.85 bits per heavy atom. The smallest absolute Gasteiger partial charge is 0.356 e. The van der Waals surface area contributed by atoms with E-state index < -0.39 is 5.97 Å². The van der Waals surface area contributed by atoms with Crippen molar-refractivity contribution in [3.63, 3.8) is 0 Å². The van der Waals surface area contributed by atoms with E-state index in [1.54, 1.807) is 24.9 Å². The number of aryl methyl sites for hydroxylation is 1. The lowest BCUT2D eigenvalue weighted by molar-refractivity contribution is 0.0689. The zero-order chi connectivity index (χ0) is 14.3. The summed E-state index contributed by atoms with van der Waals surface area (Å²) >= 11 is 0. The molecule has 2 N–H and O–H groups in total. The predicted molar refractivity (Wildman–Crippen MR) is 74.0 cm³/mol. The van der Waals surface area contributed by atoms with Crippen LogP contribution in [-0.4, -0.2) is 33.0 Å². The fraction of sp³-hybridized carbons (Fsp3) is 0.143. The molecule has 0 spiro atoms. The highest BCUT2D eigenvalue weighted by atomic mass is 16.5. The monoisotopic (exact) mass is 271 g/mol. The Labute approximate surface area is 114 Å². The molecule has 0 saturated heterocycles. The van der Waals surface area contributed by atoms with E-state index in [1.807, 2.05) is 24.3 Å². The Balaban J connectivity index is 2.17. The molecule has 6 nitrogen and oxygen atoms in total. The van der Waals surface area contributed by atoms with Gasteiger partial charge in [-0.2, -0.15) is 5.10 Å². The van der Waals surface area contributed by atoms with Gasteiger partial charge < -0.3 is 14.8 Å². The molecule has 0 atom stereocenters. The van der Waals surface area contributed by atoms with Gasteiger partial charge in [0.1, 0.15) is 5.75 Å². The molecule has 102 valence electrons. The molecule has 0 fully saturated rings. The summed E-state index contributed by atoms with van der Waals surface area (Å²) in [5, 5.41) is 13.9. The quantitative estimate of drug-likeness (QED) is 0.765. The lowest BCUT2D eigenvalue weighted by Gasteiger charge is -2.00. The summed E-state index contributed by atoms with van der Waals surface area (Å²) in [5.41, 5.74) is 2.41. The number of aromatic nitrogens is 3. The maximum Gasteiger partial charge on any atom is 0.356 e. The van der Waals surface area contributed by atoms with E-state index >= 15 is 0 Å².